The molecule has 0 aromatic carbocycles. The third-order valence-electron chi connectivity index (χ3n) is 1.38. The predicted molar refractivity (Wildman–Crippen MR) is 54.1 cm³/mol. The van der Waals surface area contributed by atoms with Crippen LogP contribution in [-0.4, -0.2) is 16.7 Å². The van der Waals surface area contributed by atoms with Crippen LogP contribution in [0, 0.1) is 6.92 Å². The number of carbonyl (C=O) groups excluding carboxylic acids is 1. The molecule has 78 valence electrons. The Kier molecular flexibility index (Phi) is 2.99. The van der Waals surface area contributed by atoms with Crippen molar-refractivity contribution in [1.29, 1.82) is 0 Å². The van der Waals surface area contributed by atoms with Crippen LogP contribution < -0.4 is 0 Å². The minimum absolute atomic E-state index is 0.178. The van der Waals surface area contributed by atoms with E-state index < -0.39 is 11.6 Å². The molecule has 0 N–H and O–H groups in total. The van der Waals surface area contributed by atoms with Gasteiger partial charge in [0, 0.05) is 0 Å². The smallest absolute Gasteiger partial charge is 0.362 e. The fourth-order valence-electron chi connectivity index (χ4n) is 0.814. The minimum Gasteiger partial charge on any atom is -0.455 e. The van der Waals surface area contributed by atoms with Crippen LogP contribution in [0.4, 0.5) is 0 Å². The van der Waals surface area contributed by atoms with Crippen molar-refractivity contribution in [3.63, 3.8) is 0 Å². The maximum Gasteiger partial charge on any atom is 0.362 e. The van der Waals surface area contributed by atoms with Gasteiger partial charge in [0.05, 0.1) is 4.47 Å². The Morgan fingerprint density at radius 1 is 1.50 bits per heavy atom. The van der Waals surface area contributed by atoms with Crippen LogP contribution in [0.5, 0.6) is 0 Å². The van der Waals surface area contributed by atoms with Gasteiger partial charge in [-0.1, -0.05) is 5.16 Å². The number of aryl methyl sites for hydroxylation is 1. The van der Waals surface area contributed by atoms with Crippen LogP contribution in [0.15, 0.2) is 9.00 Å². The van der Waals surface area contributed by atoms with Crippen molar-refractivity contribution in [2.75, 3.05) is 0 Å². The predicted octanol–water partition coefficient (Wildman–Crippen LogP) is 2.70. The molecule has 0 aliphatic heterocycles. The van der Waals surface area contributed by atoms with Crippen molar-refractivity contribution in [3.8, 4) is 0 Å². The summed E-state index contributed by atoms with van der Waals surface area (Å²) in [5.41, 5.74) is -0.346. The van der Waals surface area contributed by atoms with Gasteiger partial charge in [0.2, 0.25) is 5.69 Å². The van der Waals surface area contributed by atoms with Crippen molar-refractivity contribution < 1.29 is 14.1 Å². The van der Waals surface area contributed by atoms with Gasteiger partial charge in [0.15, 0.2) is 0 Å². The Hall–Kier alpha value is -0.840. The van der Waals surface area contributed by atoms with Gasteiger partial charge in [-0.25, -0.2) is 4.79 Å². The molecule has 1 aromatic rings. The molecule has 0 fully saturated rings. The van der Waals surface area contributed by atoms with E-state index in [9.17, 15) is 4.79 Å². The molecule has 0 spiro atoms. The lowest BCUT2D eigenvalue weighted by molar-refractivity contribution is 0.00579. The fraction of sp³-hybridized carbons (Fsp3) is 0.556. The lowest BCUT2D eigenvalue weighted by Crippen LogP contribution is -2.24. The van der Waals surface area contributed by atoms with E-state index in [1.807, 2.05) is 0 Å². The highest BCUT2D eigenvalue weighted by atomic mass is 79.9. The highest BCUT2D eigenvalue weighted by molar-refractivity contribution is 9.10. The number of rotatable bonds is 1. The van der Waals surface area contributed by atoms with Crippen LogP contribution in [0.3, 0.4) is 0 Å². The van der Waals surface area contributed by atoms with E-state index in [1.165, 1.54) is 0 Å². The average molecular weight is 262 g/mol. The molecule has 0 aliphatic rings. The van der Waals surface area contributed by atoms with E-state index in [4.69, 9.17) is 9.26 Å². The second-order valence-electron chi connectivity index (χ2n) is 3.90. The third kappa shape index (κ3) is 2.57. The molecule has 0 amide bonds. The lowest BCUT2D eigenvalue weighted by Gasteiger charge is -2.18. The molecular formula is C9H12BrNO3. The standard InChI is InChI=1S/C9H12BrNO3/c1-5-6(10)7(11-14-5)8(12)13-9(2,3)4/h1-4H3. The highest BCUT2D eigenvalue weighted by Gasteiger charge is 2.24. The molecule has 4 nitrogen and oxygen atoms in total. The van der Waals surface area contributed by atoms with Crippen molar-refractivity contribution >= 4 is 21.9 Å². The van der Waals surface area contributed by atoms with Crippen molar-refractivity contribution in [2.45, 2.75) is 33.3 Å². The number of hydrogen-bond acceptors (Lipinski definition) is 4. The van der Waals surface area contributed by atoms with Crippen LogP contribution in [0.1, 0.15) is 37.0 Å². The Labute approximate surface area is 90.7 Å². The Morgan fingerprint density at radius 3 is 2.43 bits per heavy atom. The van der Waals surface area contributed by atoms with Gasteiger partial charge in [-0.15, -0.1) is 0 Å². The SMILES string of the molecule is Cc1onc(C(=O)OC(C)(C)C)c1Br. The summed E-state index contributed by atoms with van der Waals surface area (Å²) in [6, 6.07) is 0. The van der Waals surface area contributed by atoms with Gasteiger partial charge in [-0.05, 0) is 43.6 Å². The molecule has 1 aromatic heterocycles. The summed E-state index contributed by atoms with van der Waals surface area (Å²) in [6.45, 7) is 7.11. The molecule has 1 heterocycles. The molecule has 1 rings (SSSR count). The molecule has 14 heavy (non-hydrogen) atoms. The lowest BCUT2D eigenvalue weighted by atomic mass is 10.2. The molecule has 0 aliphatic carbocycles. The van der Waals surface area contributed by atoms with Gasteiger partial charge in [-0.3, -0.25) is 0 Å². The minimum atomic E-state index is -0.524. The summed E-state index contributed by atoms with van der Waals surface area (Å²) >= 11 is 3.20. The second kappa shape index (κ2) is 3.73. The first kappa shape index (κ1) is 11.2. The van der Waals surface area contributed by atoms with Crippen molar-refractivity contribution in [2.24, 2.45) is 0 Å². The topological polar surface area (TPSA) is 52.3 Å². The van der Waals surface area contributed by atoms with E-state index in [0.29, 0.717) is 10.2 Å². The zero-order valence-corrected chi connectivity index (χ0v) is 10.1. The van der Waals surface area contributed by atoms with Crippen LogP contribution in [0.25, 0.3) is 0 Å². The van der Waals surface area contributed by atoms with Gasteiger partial charge < -0.3 is 9.26 Å². The summed E-state index contributed by atoms with van der Waals surface area (Å²) in [6.07, 6.45) is 0. The van der Waals surface area contributed by atoms with Crippen molar-refractivity contribution in [3.05, 3.63) is 15.9 Å². The van der Waals surface area contributed by atoms with Gasteiger partial charge in [0.25, 0.3) is 0 Å². The largest absolute Gasteiger partial charge is 0.455 e. The van der Waals surface area contributed by atoms with Crippen LogP contribution in [0.2, 0.25) is 0 Å². The van der Waals surface area contributed by atoms with Crippen LogP contribution >= 0.6 is 15.9 Å². The first-order valence-corrected chi connectivity index (χ1v) is 4.95. The number of carbonyl (C=O) groups is 1. The van der Waals surface area contributed by atoms with Crippen LogP contribution in [-0.2, 0) is 4.74 Å². The molecule has 0 saturated carbocycles. The van der Waals surface area contributed by atoms with Crippen molar-refractivity contribution in [1.82, 2.24) is 5.16 Å². The molecule has 0 atom stereocenters. The number of halogens is 1. The first-order valence-electron chi connectivity index (χ1n) is 4.16. The molecular weight excluding hydrogens is 250 g/mol. The molecule has 0 unspecified atom stereocenters. The van der Waals surface area contributed by atoms with E-state index >= 15 is 0 Å². The monoisotopic (exact) mass is 261 g/mol. The van der Waals surface area contributed by atoms with Gasteiger partial charge in [-0.2, -0.15) is 0 Å². The second-order valence-corrected chi connectivity index (χ2v) is 4.70. The molecule has 0 bridgehead atoms. The van der Waals surface area contributed by atoms with E-state index in [1.54, 1.807) is 27.7 Å². The van der Waals surface area contributed by atoms with E-state index in [2.05, 4.69) is 21.1 Å². The molecule has 0 saturated heterocycles. The zero-order chi connectivity index (χ0) is 10.9. The molecule has 0 radical (unpaired) electrons. The maximum absolute atomic E-state index is 11.5. The summed E-state index contributed by atoms with van der Waals surface area (Å²) in [5, 5.41) is 3.60. The summed E-state index contributed by atoms with van der Waals surface area (Å²) in [4.78, 5) is 11.5. The Morgan fingerprint density at radius 2 is 2.07 bits per heavy atom. The summed E-state index contributed by atoms with van der Waals surface area (Å²) in [7, 11) is 0. The normalized spacial score (nSPS) is 11.5. The Bertz CT molecular complexity index is 351. The number of ether oxygens (including phenoxy) is 1. The van der Waals surface area contributed by atoms with E-state index in [-0.39, 0.29) is 5.69 Å². The van der Waals surface area contributed by atoms with Gasteiger partial charge in [0.1, 0.15) is 11.4 Å². The number of hydrogen-bond donors (Lipinski definition) is 0. The third-order valence-corrected chi connectivity index (χ3v) is 2.32. The maximum atomic E-state index is 11.5. The average Bonchev–Trinajstić information content (AvgIpc) is 2.29. The first-order chi connectivity index (χ1) is 6.31. The van der Waals surface area contributed by atoms with E-state index in [0.717, 1.165) is 0 Å². The van der Waals surface area contributed by atoms with Gasteiger partial charge >= 0.3 is 5.97 Å². The highest BCUT2D eigenvalue weighted by Crippen LogP contribution is 2.22. The number of nitrogens with zero attached hydrogens (tertiary/aromatic N) is 1. The quantitative estimate of drug-likeness (QED) is 0.730. The zero-order valence-electron chi connectivity index (χ0n) is 8.55. The summed E-state index contributed by atoms with van der Waals surface area (Å²) in [5.74, 6) is 0.0760. The molecule has 5 heteroatoms. The number of aromatic nitrogens is 1. The Balaban J connectivity index is 2.86. The fourth-order valence-corrected chi connectivity index (χ4v) is 1.12. The summed E-state index contributed by atoms with van der Waals surface area (Å²) < 4.78 is 10.5. The number of esters is 1.